The van der Waals surface area contributed by atoms with Crippen molar-refractivity contribution < 1.29 is 39.5 Å². The first-order valence-corrected chi connectivity index (χ1v) is 15.3. The molecule has 0 N–H and O–H groups in total. The summed E-state index contributed by atoms with van der Waals surface area (Å²) < 4.78 is 99.5. The van der Waals surface area contributed by atoms with Crippen molar-refractivity contribution in [1.29, 1.82) is 0 Å². The smallest absolute Gasteiger partial charge is 0.244 e. The van der Waals surface area contributed by atoms with Crippen LogP contribution in [-0.4, -0.2) is 117 Å². The summed E-state index contributed by atoms with van der Waals surface area (Å²) >= 11 is 6.42. The van der Waals surface area contributed by atoms with Crippen molar-refractivity contribution >= 4 is 41.7 Å². The molecule has 0 atom stereocenters. The molecular weight excluding hydrogens is 534 g/mol. The molecule has 1 aromatic carbocycles. The van der Waals surface area contributed by atoms with E-state index < -0.39 is 49.8 Å². The van der Waals surface area contributed by atoms with Crippen molar-refractivity contribution in [2.45, 2.75) is 14.7 Å². The van der Waals surface area contributed by atoms with Crippen molar-refractivity contribution in [3.05, 3.63) is 17.2 Å². The highest BCUT2D eigenvalue weighted by Gasteiger charge is 2.38. The molecule has 3 heterocycles. The van der Waals surface area contributed by atoms with E-state index in [0.717, 1.165) is 25.0 Å². The number of morpholine rings is 3. The first kappa shape index (κ1) is 26.2. The first-order valence-electron chi connectivity index (χ1n) is 10.6. The summed E-state index contributed by atoms with van der Waals surface area (Å²) in [7, 11) is -12.9. The topological polar surface area (TPSA) is 140 Å². The van der Waals surface area contributed by atoms with Crippen molar-refractivity contribution in [3.63, 3.8) is 0 Å². The molecule has 3 saturated heterocycles. The van der Waals surface area contributed by atoms with Gasteiger partial charge in [0.25, 0.3) is 0 Å². The van der Waals surface area contributed by atoms with Crippen LogP contribution in [0.1, 0.15) is 0 Å². The summed E-state index contributed by atoms with van der Waals surface area (Å²) in [5.41, 5.74) is 0. The van der Waals surface area contributed by atoms with Crippen LogP contribution in [0.3, 0.4) is 0 Å². The number of benzene rings is 1. The van der Waals surface area contributed by atoms with Crippen molar-refractivity contribution in [2.75, 3.05) is 78.9 Å². The zero-order chi connectivity index (χ0) is 24.6. The van der Waals surface area contributed by atoms with E-state index >= 15 is 0 Å². The van der Waals surface area contributed by atoms with E-state index in [-0.39, 0.29) is 78.9 Å². The first-order chi connectivity index (χ1) is 16.1. The molecule has 0 amide bonds. The predicted molar refractivity (Wildman–Crippen MR) is 120 cm³/mol. The minimum absolute atomic E-state index is 0.0324. The lowest BCUT2D eigenvalue weighted by Crippen LogP contribution is -2.42. The summed E-state index contributed by atoms with van der Waals surface area (Å²) in [6, 6.07) is 1.88. The highest BCUT2D eigenvalue weighted by molar-refractivity contribution is 7.91. The molecule has 192 valence electrons. The second kappa shape index (κ2) is 10.2. The summed E-state index contributed by atoms with van der Waals surface area (Å²) in [6.45, 7) is 1.20. The third-order valence-electron chi connectivity index (χ3n) is 5.76. The van der Waals surface area contributed by atoms with Crippen LogP contribution in [0.25, 0.3) is 0 Å². The summed E-state index contributed by atoms with van der Waals surface area (Å²) in [5, 5.41) is -0.543. The molecule has 0 spiro atoms. The number of halogens is 1. The normalized spacial score (nSPS) is 22.6. The van der Waals surface area contributed by atoms with Crippen LogP contribution in [0.4, 0.5) is 0 Å². The van der Waals surface area contributed by atoms with Gasteiger partial charge in [0.2, 0.25) is 30.1 Å². The highest BCUT2D eigenvalue weighted by Crippen LogP contribution is 2.36. The fourth-order valence-electron chi connectivity index (χ4n) is 3.86. The molecular formula is C18H26ClN3O9S3. The molecule has 0 aromatic heterocycles. The van der Waals surface area contributed by atoms with E-state index in [1.807, 2.05) is 0 Å². The van der Waals surface area contributed by atoms with Gasteiger partial charge in [0.1, 0.15) is 9.79 Å². The lowest BCUT2D eigenvalue weighted by atomic mass is 10.3. The molecule has 0 radical (unpaired) electrons. The van der Waals surface area contributed by atoms with E-state index in [0.29, 0.717) is 0 Å². The molecule has 3 fully saturated rings. The van der Waals surface area contributed by atoms with E-state index in [2.05, 4.69) is 0 Å². The lowest BCUT2D eigenvalue weighted by Gasteiger charge is -2.30. The van der Waals surface area contributed by atoms with E-state index in [9.17, 15) is 25.3 Å². The Kier molecular flexibility index (Phi) is 7.89. The molecule has 0 bridgehead atoms. The molecule has 0 unspecified atom stereocenters. The van der Waals surface area contributed by atoms with Gasteiger partial charge in [-0.3, -0.25) is 0 Å². The van der Waals surface area contributed by atoms with E-state index in [1.54, 1.807) is 0 Å². The third kappa shape index (κ3) is 5.00. The maximum atomic E-state index is 13.4. The number of ether oxygens (including phenoxy) is 3. The van der Waals surface area contributed by atoms with Gasteiger partial charge in [-0.2, -0.15) is 12.9 Å². The van der Waals surface area contributed by atoms with Gasteiger partial charge in [-0.25, -0.2) is 25.3 Å². The van der Waals surface area contributed by atoms with E-state index in [1.165, 1.54) is 0 Å². The minimum Gasteiger partial charge on any atom is -0.379 e. The zero-order valence-corrected chi connectivity index (χ0v) is 21.5. The van der Waals surface area contributed by atoms with Crippen LogP contribution in [0.2, 0.25) is 5.02 Å². The Hall–Kier alpha value is -0.880. The minimum atomic E-state index is -4.31. The fourth-order valence-corrected chi connectivity index (χ4v) is 9.27. The molecule has 12 nitrogen and oxygen atoms in total. The molecule has 4 rings (SSSR count). The molecule has 1 aromatic rings. The zero-order valence-electron chi connectivity index (χ0n) is 18.3. The van der Waals surface area contributed by atoms with Gasteiger partial charge in [0, 0.05) is 39.3 Å². The van der Waals surface area contributed by atoms with Crippen LogP contribution >= 0.6 is 11.6 Å². The van der Waals surface area contributed by atoms with Crippen LogP contribution < -0.4 is 0 Å². The van der Waals surface area contributed by atoms with Gasteiger partial charge in [-0.15, -0.1) is 0 Å². The average Bonchev–Trinajstić information content (AvgIpc) is 2.85. The molecule has 3 aliphatic rings. The second-order valence-corrected chi connectivity index (χ2v) is 13.9. The summed E-state index contributed by atoms with van der Waals surface area (Å²) in [4.78, 5) is -1.60. The molecule has 16 heteroatoms. The maximum absolute atomic E-state index is 13.4. The number of hydrogen-bond donors (Lipinski definition) is 0. The van der Waals surface area contributed by atoms with Crippen LogP contribution in [-0.2, 0) is 44.3 Å². The van der Waals surface area contributed by atoms with Crippen molar-refractivity contribution in [2.24, 2.45) is 0 Å². The Balaban J connectivity index is 1.89. The largest absolute Gasteiger partial charge is 0.379 e. The molecule has 34 heavy (non-hydrogen) atoms. The monoisotopic (exact) mass is 559 g/mol. The third-order valence-corrected chi connectivity index (χ3v) is 12.1. The SMILES string of the molecule is O=S(=O)(c1cc(S(=O)(=O)N2CCOCC2)c(Cl)c(S(=O)(=O)N2CCOCC2)c1)N1CCOCC1. The predicted octanol–water partition coefficient (Wildman–Crippen LogP) is -0.597. The van der Waals surface area contributed by atoms with Gasteiger partial charge in [0.15, 0.2) is 0 Å². The summed E-state index contributed by atoms with van der Waals surface area (Å²) in [5.74, 6) is 0. The summed E-state index contributed by atoms with van der Waals surface area (Å²) in [6.07, 6.45) is 0. The van der Waals surface area contributed by atoms with Gasteiger partial charge in [0.05, 0.1) is 49.6 Å². The van der Waals surface area contributed by atoms with Crippen LogP contribution in [0.5, 0.6) is 0 Å². The van der Waals surface area contributed by atoms with Gasteiger partial charge < -0.3 is 14.2 Å². The van der Waals surface area contributed by atoms with Gasteiger partial charge >= 0.3 is 0 Å². The number of rotatable bonds is 6. The van der Waals surface area contributed by atoms with Gasteiger partial charge in [-0.1, -0.05) is 11.6 Å². The molecule has 3 aliphatic heterocycles. The quantitative estimate of drug-likeness (QED) is 0.447. The number of nitrogens with zero attached hydrogens (tertiary/aromatic N) is 3. The lowest BCUT2D eigenvalue weighted by molar-refractivity contribution is 0.0727. The molecule has 0 saturated carbocycles. The van der Waals surface area contributed by atoms with Crippen LogP contribution in [0, 0.1) is 0 Å². The maximum Gasteiger partial charge on any atom is 0.244 e. The van der Waals surface area contributed by atoms with E-state index in [4.69, 9.17) is 25.8 Å². The van der Waals surface area contributed by atoms with Crippen LogP contribution in [0.15, 0.2) is 26.8 Å². The number of hydrogen-bond acceptors (Lipinski definition) is 9. The Morgan fingerprint density at radius 2 is 0.853 bits per heavy atom. The second-order valence-electron chi connectivity index (χ2n) is 7.78. The van der Waals surface area contributed by atoms with Crippen molar-refractivity contribution in [3.8, 4) is 0 Å². The van der Waals surface area contributed by atoms with Gasteiger partial charge in [-0.05, 0) is 12.1 Å². The number of sulfonamides is 3. The molecule has 0 aliphatic carbocycles. The fraction of sp³-hybridized carbons (Fsp3) is 0.667. The Labute approximate surface area is 204 Å². The Morgan fingerprint density at radius 1 is 0.559 bits per heavy atom. The highest BCUT2D eigenvalue weighted by atomic mass is 35.5. The standard InChI is InChI=1S/C18H26ClN3O9S3/c19-18-16(33(25,26)21-3-9-30-10-4-21)13-15(32(23,24)20-1-7-29-8-2-20)14-17(18)34(27,28)22-5-11-31-12-6-22/h13-14H,1-12H2. The Bertz CT molecular complexity index is 1150. The average molecular weight is 560 g/mol. The Morgan fingerprint density at radius 3 is 1.18 bits per heavy atom. The van der Waals surface area contributed by atoms with Crippen molar-refractivity contribution in [1.82, 2.24) is 12.9 Å².